The van der Waals surface area contributed by atoms with E-state index in [4.69, 9.17) is 0 Å². The Bertz CT molecular complexity index is 985. The van der Waals surface area contributed by atoms with Crippen molar-refractivity contribution in [3.05, 3.63) is 70.0 Å². The Morgan fingerprint density at radius 2 is 1.89 bits per heavy atom. The van der Waals surface area contributed by atoms with E-state index in [0.29, 0.717) is 24.2 Å². The maximum absolute atomic E-state index is 13.1. The summed E-state index contributed by atoms with van der Waals surface area (Å²) in [6, 6.07) is 4.93. The van der Waals surface area contributed by atoms with Gasteiger partial charge in [0.2, 0.25) is 0 Å². The minimum Gasteiger partial charge on any atom is -0.303 e. The quantitative estimate of drug-likeness (QED) is 0.465. The first kappa shape index (κ1) is 18.4. The summed E-state index contributed by atoms with van der Waals surface area (Å²) < 4.78 is 14.4. The second-order valence-electron chi connectivity index (χ2n) is 6.00. The Morgan fingerprint density at radius 1 is 1.19 bits per heavy atom. The second-order valence-corrected chi connectivity index (χ2v) is 6.00. The van der Waals surface area contributed by atoms with Crippen molar-refractivity contribution in [1.82, 2.24) is 20.0 Å². The number of hydrogen-bond acceptors (Lipinski definition) is 3. The molecule has 0 atom stereocenters. The number of carbonyl (C=O) groups excluding carboxylic acids is 2. The second kappa shape index (κ2) is 7.45. The van der Waals surface area contributed by atoms with E-state index in [-0.39, 0.29) is 17.8 Å². The first-order valence-corrected chi connectivity index (χ1v) is 8.51. The summed E-state index contributed by atoms with van der Waals surface area (Å²) in [6.07, 6.45) is 3.98. The van der Waals surface area contributed by atoms with Gasteiger partial charge < -0.3 is 5.32 Å². The van der Waals surface area contributed by atoms with Crippen LogP contribution in [0, 0.1) is 5.82 Å². The molecule has 0 unspecified atom stereocenters. The Balaban J connectivity index is 2.00. The third-order valence-corrected chi connectivity index (χ3v) is 4.25. The number of aryl methyl sites for hydroxylation is 1. The van der Waals surface area contributed by atoms with Gasteiger partial charge in [-0.05, 0) is 43.2 Å². The summed E-state index contributed by atoms with van der Waals surface area (Å²) in [5, 5.41) is 5.47. The lowest BCUT2D eigenvalue weighted by molar-refractivity contribution is -0.122. The Labute approximate surface area is 154 Å². The van der Waals surface area contributed by atoms with E-state index in [0.717, 1.165) is 4.90 Å². The van der Waals surface area contributed by atoms with Gasteiger partial charge in [0, 0.05) is 12.2 Å². The van der Waals surface area contributed by atoms with Crippen molar-refractivity contribution < 1.29 is 14.0 Å². The largest absolute Gasteiger partial charge is 0.329 e. The van der Waals surface area contributed by atoms with Crippen molar-refractivity contribution in [3.63, 3.8) is 0 Å². The van der Waals surface area contributed by atoms with Crippen molar-refractivity contribution in [2.24, 2.45) is 0 Å². The maximum Gasteiger partial charge on any atom is 0.329 e. The van der Waals surface area contributed by atoms with Gasteiger partial charge >= 0.3 is 6.03 Å². The molecule has 0 aliphatic carbocycles. The molecular formula is C19H19FN4O3. The van der Waals surface area contributed by atoms with Gasteiger partial charge in [-0.25, -0.2) is 13.9 Å². The normalized spacial score (nSPS) is 15.5. The van der Waals surface area contributed by atoms with Gasteiger partial charge in [0.1, 0.15) is 11.5 Å². The van der Waals surface area contributed by atoms with Gasteiger partial charge in [0.05, 0.1) is 11.3 Å². The van der Waals surface area contributed by atoms with Crippen LogP contribution in [0.4, 0.5) is 9.18 Å². The van der Waals surface area contributed by atoms with Gasteiger partial charge in [-0.1, -0.05) is 13.0 Å². The predicted octanol–water partition coefficient (Wildman–Crippen LogP) is 2.34. The molecule has 0 bridgehead atoms. The number of H-pyrrole nitrogens is 1. The van der Waals surface area contributed by atoms with Gasteiger partial charge in [-0.2, -0.15) is 0 Å². The van der Waals surface area contributed by atoms with E-state index in [9.17, 15) is 18.8 Å². The number of nitrogens with zero attached hydrogens (tertiary/aromatic N) is 2. The number of hydrogen-bond donors (Lipinski definition) is 2. The molecular weight excluding hydrogens is 351 g/mol. The minimum absolute atomic E-state index is 0.0427. The molecule has 0 radical (unpaired) electrons. The fourth-order valence-electron chi connectivity index (χ4n) is 2.83. The Kier molecular flexibility index (Phi) is 5.07. The Morgan fingerprint density at radius 3 is 2.52 bits per heavy atom. The van der Waals surface area contributed by atoms with Crippen molar-refractivity contribution in [2.45, 2.75) is 19.8 Å². The van der Waals surface area contributed by atoms with E-state index in [1.54, 1.807) is 6.08 Å². The monoisotopic (exact) mass is 370 g/mol. The van der Waals surface area contributed by atoms with Crippen LogP contribution >= 0.6 is 0 Å². The molecule has 1 aliphatic heterocycles. The van der Waals surface area contributed by atoms with Gasteiger partial charge in [0.25, 0.3) is 11.5 Å². The first-order valence-electron chi connectivity index (χ1n) is 8.51. The summed E-state index contributed by atoms with van der Waals surface area (Å²) in [5.74, 6) is -0.895. The molecule has 1 aromatic carbocycles. The lowest BCUT2D eigenvalue weighted by Crippen LogP contribution is -2.31. The number of benzene rings is 1. The topological polar surface area (TPSA) is 87.2 Å². The first-order chi connectivity index (χ1) is 13.0. The molecule has 27 heavy (non-hydrogen) atoms. The summed E-state index contributed by atoms with van der Waals surface area (Å²) in [5.41, 5.74) is 0.994. The van der Waals surface area contributed by atoms with Gasteiger partial charge in [0.15, 0.2) is 0 Å². The molecule has 0 spiro atoms. The smallest absolute Gasteiger partial charge is 0.303 e. The lowest BCUT2D eigenvalue weighted by atomic mass is 10.1. The highest BCUT2D eigenvalue weighted by molar-refractivity contribution is 6.14. The van der Waals surface area contributed by atoms with Crippen LogP contribution in [0.15, 0.2) is 47.4 Å². The van der Waals surface area contributed by atoms with E-state index < -0.39 is 23.3 Å². The zero-order chi connectivity index (χ0) is 19.6. The van der Waals surface area contributed by atoms with E-state index in [2.05, 4.69) is 17.0 Å². The molecule has 3 rings (SSSR count). The van der Waals surface area contributed by atoms with Gasteiger partial charge in [-0.15, -0.1) is 6.58 Å². The zero-order valence-corrected chi connectivity index (χ0v) is 14.8. The average molecular weight is 370 g/mol. The minimum atomic E-state index is -0.527. The fraction of sp³-hybridized carbons (Fsp3) is 0.211. The fourth-order valence-corrected chi connectivity index (χ4v) is 2.83. The average Bonchev–Trinajstić information content (AvgIpc) is 3.11. The molecule has 1 aromatic heterocycles. The van der Waals surface area contributed by atoms with Crippen LogP contribution in [0.1, 0.15) is 24.6 Å². The molecule has 1 saturated heterocycles. The molecule has 1 fully saturated rings. The van der Waals surface area contributed by atoms with Crippen LogP contribution in [0.3, 0.4) is 0 Å². The molecule has 2 heterocycles. The van der Waals surface area contributed by atoms with Crippen LogP contribution in [0.25, 0.3) is 11.8 Å². The molecule has 2 N–H and O–H groups in total. The van der Waals surface area contributed by atoms with Crippen molar-refractivity contribution in [2.75, 3.05) is 6.54 Å². The third kappa shape index (κ3) is 3.46. The molecule has 3 amide bonds. The number of carbonyl (C=O) groups is 2. The number of imide groups is 1. The molecule has 140 valence electrons. The molecule has 2 aromatic rings. The SMILES string of the molecule is C=CCCN1C(=O)N/C(=C\c2c(CC)[nH]n(-c3ccc(F)cc3)c2=O)C1=O. The van der Waals surface area contributed by atoms with E-state index >= 15 is 0 Å². The summed E-state index contributed by atoms with van der Waals surface area (Å²) >= 11 is 0. The molecule has 7 nitrogen and oxygen atoms in total. The molecule has 1 aliphatic rings. The number of rotatable bonds is 6. The number of nitrogens with one attached hydrogen (secondary N) is 2. The standard InChI is InChI=1S/C19H19FN4O3/c1-3-5-10-23-18(26)16(21-19(23)27)11-14-15(4-2)22-24(17(14)25)13-8-6-12(20)7-9-13/h3,6-9,11,22H,1,4-5,10H2,2H3,(H,21,27)/b16-11-. The highest BCUT2D eigenvalue weighted by Gasteiger charge is 2.33. The number of aromatic nitrogens is 2. The van der Waals surface area contributed by atoms with Crippen LogP contribution in [0.2, 0.25) is 0 Å². The summed E-state index contributed by atoms with van der Waals surface area (Å²) in [6.45, 7) is 5.65. The van der Waals surface area contributed by atoms with Crippen molar-refractivity contribution in [3.8, 4) is 5.69 Å². The molecule has 0 saturated carbocycles. The van der Waals surface area contributed by atoms with Crippen LogP contribution < -0.4 is 10.9 Å². The third-order valence-electron chi connectivity index (χ3n) is 4.25. The van der Waals surface area contributed by atoms with Crippen molar-refractivity contribution >= 4 is 18.0 Å². The highest BCUT2D eigenvalue weighted by Crippen LogP contribution is 2.16. The number of amides is 3. The summed E-state index contributed by atoms with van der Waals surface area (Å²) in [7, 11) is 0. The van der Waals surface area contributed by atoms with Crippen molar-refractivity contribution in [1.29, 1.82) is 0 Å². The van der Waals surface area contributed by atoms with Crippen LogP contribution in [-0.2, 0) is 11.2 Å². The highest BCUT2D eigenvalue weighted by atomic mass is 19.1. The predicted molar refractivity (Wildman–Crippen MR) is 98.8 cm³/mol. The zero-order valence-electron chi connectivity index (χ0n) is 14.8. The summed E-state index contributed by atoms with van der Waals surface area (Å²) in [4.78, 5) is 38.3. The lowest BCUT2D eigenvalue weighted by Gasteiger charge is -2.08. The molecule has 8 heteroatoms. The Hall–Kier alpha value is -3.42. The van der Waals surface area contributed by atoms with Crippen LogP contribution in [0.5, 0.6) is 0 Å². The number of aromatic amines is 1. The number of halogens is 1. The van der Waals surface area contributed by atoms with E-state index in [1.807, 2.05) is 6.92 Å². The maximum atomic E-state index is 13.1. The van der Waals surface area contributed by atoms with E-state index in [1.165, 1.54) is 35.0 Å². The van der Waals surface area contributed by atoms with Gasteiger partial charge in [-0.3, -0.25) is 19.6 Å². The van der Waals surface area contributed by atoms with Crippen LogP contribution in [-0.4, -0.2) is 33.2 Å². The number of urea groups is 1.